The number of aromatic nitrogens is 1. The first-order valence-corrected chi connectivity index (χ1v) is 7.74. The molecule has 2 N–H and O–H groups in total. The third-order valence-electron chi connectivity index (χ3n) is 3.31. The second-order valence-electron chi connectivity index (χ2n) is 4.58. The molecule has 1 unspecified atom stereocenters. The summed E-state index contributed by atoms with van der Waals surface area (Å²) in [6.45, 7) is 0.239. The molecule has 0 bridgehead atoms. The zero-order chi connectivity index (χ0) is 15.6. The molecule has 0 saturated carbocycles. The molecule has 8 nitrogen and oxygen atoms in total. The van der Waals surface area contributed by atoms with Crippen molar-refractivity contribution in [3.05, 3.63) is 23.9 Å². The van der Waals surface area contributed by atoms with E-state index in [1.165, 1.54) is 13.1 Å². The fourth-order valence-corrected chi connectivity index (χ4v) is 3.81. The molecule has 1 aliphatic heterocycles. The van der Waals surface area contributed by atoms with E-state index in [-0.39, 0.29) is 23.0 Å². The van der Waals surface area contributed by atoms with Gasteiger partial charge in [-0.2, -0.15) is 4.31 Å². The normalized spacial score (nSPS) is 19.4. The van der Waals surface area contributed by atoms with Crippen LogP contribution in [0.25, 0.3) is 0 Å². The summed E-state index contributed by atoms with van der Waals surface area (Å²) in [6.07, 6.45) is 2.02. The van der Waals surface area contributed by atoms with Gasteiger partial charge in [-0.3, -0.25) is 4.79 Å². The van der Waals surface area contributed by atoms with Crippen LogP contribution in [0, 0.1) is 0 Å². The third-order valence-corrected chi connectivity index (χ3v) is 5.13. The molecule has 1 amide bonds. The largest absolute Gasteiger partial charge is 0.478 e. The maximum absolute atomic E-state index is 12.5. The predicted molar refractivity (Wildman–Crippen MR) is 72.2 cm³/mol. The Bertz CT molecular complexity index is 656. The Morgan fingerprint density at radius 3 is 2.67 bits per heavy atom. The van der Waals surface area contributed by atoms with Crippen molar-refractivity contribution in [2.45, 2.75) is 23.9 Å². The maximum atomic E-state index is 12.5. The number of carboxylic acids is 1. The molecule has 0 spiro atoms. The Balaban J connectivity index is 2.32. The van der Waals surface area contributed by atoms with E-state index in [4.69, 9.17) is 5.11 Å². The topological polar surface area (TPSA) is 117 Å². The van der Waals surface area contributed by atoms with E-state index >= 15 is 0 Å². The van der Waals surface area contributed by atoms with E-state index in [0.29, 0.717) is 12.8 Å². The molecule has 1 aromatic rings. The van der Waals surface area contributed by atoms with Crippen molar-refractivity contribution in [2.24, 2.45) is 0 Å². The van der Waals surface area contributed by atoms with Gasteiger partial charge < -0.3 is 10.4 Å². The molecule has 1 atom stereocenters. The molecule has 2 rings (SSSR count). The minimum Gasteiger partial charge on any atom is -0.478 e. The van der Waals surface area contributed by atoms with Gasteiger partial charge in [0.25, 0.3) is 10.0 Å². The van der Waals surface area contributed by atoms with Gasteiger partial charge in [0.05, 0.1) is 5.56 Å². The van der Waals surface area contributed by atoms with Gasteiger partial charge >= 0.3 is 5.97 Å². The van der Waals surface area contributed by atoms with Crippen LogP contribution >= 0.6 is 0 Å². The average Bonchev–Trinajstić information content (AvgIpc) is 2.96. The molecule has 1 saturated heterocycles. The van der Waals surface area contributed by atoms with E-state index in [2.05, 4.69) is 10.3 Å². The van der Waals surface area contributed by atoms with Crippen LogP contribution in [0.1, 0.15) is 23.2 Å². The number of carboxylic acid groups (broad SMARTS) is 1. The van der Waals surface area contributed by atoms with Crippen LogP contribution in [-0.4, -0.2) is 54.3 Å². The minimum absolute atomic E-state index is 0.0989. The van der Waals surface area contributed by atoms with E-state index in [1.54, 1.807) is 0 Å². The van der Waals surface area contributed by atoms with Crippen LogP contribution in [0.2, 0.25) is 0 Å². The van der Waals surface area contributed by atoms with Gasteiger partial charge in [0, 0.05) is 19.8 Å². The zero-order valence-electron chi connectivity index (χ0n) is 11.3. The molecule has 0 aromatic carbocycles. The highest BCUT2D eigenvalue weighted by atomic mass is 32.2. The molecule has 21 heavy (non-hydrogen) atoms. The van der Waals surface area contributed by atoms with E-state index < -0.39 is 22.0 Å². The standard InChI is InChI=1S/C12H15N3O5S/c1-13-11(16)9-3-2-6-15(9)21(19,20)10-5-4-8(7-14-10)12(17)18/h4-5,7,9H,2-3,6H2,1H3,(H,13,16)(H,17,18). The monoisotopic (exact) mass is 313 g/mol. The second-order valence-corrected chi connectivity index (χ2v) is 6.42. The summed E-state index contributed by atoms with van der Waals surface area (Å²) >= 11 is 0. The summed E-state index contributed by atoms with van der Waals surface area (Å²) < 4.78 is 26.1. The molecule has 1 aromatic heterocycles. The number of nitrogens with one attached hydrogen (secondary N) is 1. The van der Waals surface area contributed by atoms with Crippen molar-refractivity contribution in [3.8, 4) is 0 Å². The molecular formula is C12H15N3O5S. The molecule has 1 aliphatic rings. The van der Waals surface area contributed by atoms with E-state index in [0.717, 1.165) is 16.6 Å². The minimum atomic E-state index is -3.92. The maximum Gasteiger partial charge on any atom is 0.337 e. The van der Waals surface area contributed by atoms with Crippen LogP contribution in [0.4, 0.5) is 0 Å². The fourth-order valence-electron chi connectivity index (χ4n) is 2.24. The molecular weight excluding hydrogens is 298 g/mol. The van der Waals surface area contributed by atoms with Gasteiger partial charge in [-0.25, -0.2) is 18.2 Å². The lowest BCUT2D eigenvalue weighted by atomic mass is 10.2. The number of carbonyl (C=O) groups is 2. The highest BCUT2D eigenvalue weighted by Crippen LogP contribution is 2.25. The first-order valence-electron chi connectivity index (χ1n) is 6.30. The van der Waals surface area contributed by atoms with Crippen LogP contribution < -0.4 is 5.32 Å². The van der Waals surface area contributed by atoms with E-state index in [1.807, 2.05) is 0 Å². The Hall–Kier alpha value is -2.00. The average molecular weight is 313 g/mol. The lowest BCUT2D eigenvalue weighted by Gasteiger charge is -2.22. The Labute approximate surface area is 121 Å². The first kappa shape index (κ1) is 15.4. The molecule has 1 fully saturated rings. The van der Waals surface area contributed by atoms with Gasteiger partial charge in [-0.05, 0) is 25.0 Å². The zero-order valence-corrected chi connectivity index (χ0v) is 12.1. The Kier molecular flexibility index (Phi) is 4.24. The third kappa shape index (κ3) is 2.88. The SMILES string of the molecule is CNC(=O)C1CCCN1S(=O)(=O)c1ccc(C(=O)O)cn1. The van der Waals surface area contributed by atoms with Crippen LogP contribution in [-0.2, 0) is 14.8 Å². The van der Waals surface area contributed by atoms with Crippen molar-refractivity contribution in [1.82, 2.24) is 14.6 Å². The summed E-state index contributed by atoms with van der Waals surface area (Å²) in [5.74, 6) is -1.55. The lowest BCUT2D eigenvalue weighted by molar-refractivity contribution is -0.123. The molecule has 2 heterocycles. The number of nitrogens with zero attached hydrogens (tertiary/aromatic N) is 2. The second kappa shape index (κ2) is 5.78. The van der Waals surface area contributed by atoms with Crippen molar-refractivity contribution in [1.29, 1.82) is 0 Å². The quantitative estimate of drug-likeness (QED) is 0.787. The Morgan fingerprint density at radius 1 is 1.43 bits per heavy atom. The molecule has 0 aliphatic carbocycles. The summed E-state index contributed by atoms with van der Waals surface area (Å²) in [6, 6.07) is 1.56. The highest BCUT2D eigenvalue weighted by Gasteiger charge is 2.39. The van der Waals surface area contributed by atoms with Gasteiger partial charge in [0.15, 0.2) is 5.03 Å². The number of aromatic carboxylic acids is 1. The van der Waals surface area contributed by atoms with Gasteiger partial charge in [-0.15, -0.1) is 0 Å². The van der Waals surface area contributed by atoms with Crippen LogP contribution in [0.15, 0.2) is 23.4 Å². The van der Waals surface area contributed by atoms with Crippen LogP contribution in [0.5, 0.6) is 0 Å². The van der Waals surface area contributed by atoms with Gasteiger partial charge in [-0.1, -0.05) is 0 Å². The number of amides is 1. The number of hydrogen-bond donors (Lipinski definition) is 2. The fraction of sp³-hybridized carbons (Fsp3) is 0.417. The van der Waals surface area contributed by atoms with Crippen molar-refractivity contribution >= 4 is 21.9 Å². The van der Waals surface area contributed by atoms with Crippen molar-refractivity contribution < 1.29 is 23.1 Å². The lowest BCUT2D eigenvalue weighted by Crippen LogP contribution is -2.45. The highest BCUT2D eigenvalue weighted by molar-refractivity contribution is 7.89. The summed E-state index contributed by atoms with van der Waals surface area (Å²) in [4.78, 5) is 26.2. The number of pyridine rings is 1. The van der Waals surface area contributed by atoms with Gasteiger partial charge in [0.2, 0.25) is 5.91 Å². The summed E-state index contributed by atoms with van der Waals surface area (Å²) in [5, 5.41) is 11.0. The molecule has 114 valence electrons. The number of rotatable bonds is 4. The van der Waals surface area contributed by atoms with E-state index in [9.17, 15) is 18.0 Å². The molecule has 9 heteroatoms. The first-order chi connectivity index (χ1) is 9.87. The number of sulfonamides is 1. The number of carbonyl (C=O) groups excluding carboxylic acids is 1. The van der Waals surface area contributed by atoms with Crippen molar-refractivity contribution in [2.75, 3.05) is 13.6 Å². The number of hydrogen-bond acceptors (Lipinski definition) is 5. The summed E-state index contributed by atoms with van der Waals surface area (Å²) in [7, 11) is -2.47. The van der Waals surface area contributed by atoms with Crippen molar-refractivity contribution in [3.63, 3.8) is 0 Å². The van der Waals surface area contributed by atoms with Crippen LogP contribution in [0.3, 0.4) is 0 Å². The Morgan fingerprint density at radius 2 is 2.14 bits per heavy atom. The molecule has 0 radical (unpaired) electrons. The van der Waals surface area contributed by atoms with Gasteiger partial charge in [0.1, 0.15) is 6.04 Å². The number of likely N-dealkylation sites (N-methyl/N-ethyl adjacent to an activating group) is 1. The predicted octanol–water partition coefficient (Wildman–Crippen LogP) is -0.321. The smallest absolute Gasteiger partial charge is 0.337 e. The summed E-state index contributed by atoms with van der Waals surface area (Å²) in [5.41, 5.74) is -0.0989.